The minimum atomic E-state index is -5.45. The van der Waals surface area contributed by atoms with E-state index in [2.05, 4.69) is 5.10 Å². The second kappa shape index (κ2) is 9.90. The average Bonchev–Trinajstić information content (AvgIpc) is 3.13. The predicted molar refractivity (Wildman–Crippen MR) is 108 cm³/mol. The number of hydrogen-bond acceptors (Lipinski definition) is 5. The van der Waals surface area contributed by atoms with Crippen LogP contribution in [0.25, 0.3) is 0 Å². The predicted octanol–water partition coefficient (Wildman–Crippen LogP) is 6.78. The number of benzene rings is 2. The Morgan fingerprint density at radius 2 is 1.31 bits per heavy atom. The molecule has 0 aromatic heterocycles. The molecular weight excluding hydrogens is 566 g/mol. The number of methoxy groups -OCH3 is 1. The molecule has 0 saturated heterocycles. The maximum Gasteiger partial charge on any atom is 0.418 e. The summed E-state index contributed by atoms with van der Waals surface area (Å²) in [5.74, 6) is -2.01. The molecule has 0 radical (unpaired) electrons. The van der Waals surface area contributed by atoms with E-state index >= 15 is 0 Å². The molecule has 3 rings (SSSR count). The Morgan fingerprint density at radius 1 is 0.821 bits per heavy atom. The first-order valence-electron chi connectivity index (χ1n) is 10.3. The number of halogens is 12. The summed E-state index contributed by atoms with van der Waals surface area (Å²) in [4.78, 5) is 0. The number of alkyl halides is 12. The highest BCUT2D eigenvalue weighted by atomic mass is 19.4. The zero-order valence-electron chi connectivity index (χ0n) is 18.9. The van der Waals surface area contributed by atoms with Crippen molar-refractivity contribution in [1.29, 1.82) is 5.26 Å². The van der Waals surface area contributed by atoms with Crippen LogP contribution in [0.3, 0.4) is 0 Å². The van der Waals surface area contributed by atoms with Gasteiger partial charge in [-0.05, 0) is 35.9 Å². The summed E-state index contributed by atoms with van der Waals surface area (Å²) in [5.41, 5.74) is -10.4. The monoisotopic (exact) mass is 579 g/mol. The Hall–Kier alpha value is -3.52. The quantitative estimate of drug-likeness (QED) is 0.406. The fourth-order valence-electron chi connectivity index (χ4n) is 3.96. The van der Waals surface area contributed by atoms with Gasteiger partial charge in [0.1, 0.15) is 11.8 Å². The molecule has 212 valence electrons. The van der Waals surface area contributed by atoms with Crippen molar-refractivity contribution in [2.75, 3.05) is 12.1 Å². The molecule has 1 aliphatic rings. The molecule has 1 N–H and O–H groups in total. The van der Waals surface area contributed by atoms with Gasteiger partial charge < -0.3 is 9.84 Å². The number of hydrogen-bond donors (Lipinski definition) is 1. The maximum absolute atomic E-state index is 13.7. The average molecular weight is 579 g/mol. The Labute approximate surface area is 210 Å². The van der Waals surface area contributed by atoms with Crippen molar-refractivity contribution < 1.29 is 62.5 Å². The highest BCUT2D eigenvalue weighted by Gasteiger charge is 2.49. The van der Waals surface area contributed by atoms with Gasteiger partial charge in [0.25, 0.3) is 0 Å². The van der Waals surface area contributed by atoms with E-state index in [-0.39, 0.29) is 35.3 Å². The molecule has 0 saturated carbocycles. The highest BCUT2D eigenvalue weighted by molar-refractivity contribution is 6.03. The molecule has 2 aromatic carbocycles. The van der Waals surface area contributed by atoms with Crippen LogP contribution in [-0.2, 0) is 29.4 Å². The normalized spacial score (nSPS) is 19.6. The zero-order chi connectivity index (χ0) is 29.7. The Balaban J connectivity index is 2.17. The number of nitrogens with zero attached hydrogens (tertiary/aromatic N) is 3. The zero-order valence-corrected chi connectivity index (χ0v) is 18.9. The molecule has 3 atom stereocenters. The molecule has 1 aliphatic heterocycles. The van der Waals surface area contributed by atoms with Gasteiger partial charge in [-0.1, -0.05) is 6.07 Å². The van der Waals surface area contributed by atoms with E-state index in [1.54, 1.807) is 0 Å². The maximum atomic E-state index is 13.7. The van der Waals surface area contributed by atoms with Gasteiger partial charge in [0, 0.05) is 7.11 Å². The third-order valence-electron chi connectivity index (χ3n) is 5.67. The van der Waals surface area contributed by atoms with Crippen LogP contribution in [0, 0.1) is 17.2 Å². The van der Waals surface area contributed by atoms with Crippen LogP contribution in [0.15, 0.2) is 41.5 Å². The Morgan fingerprint density at radius 3 is 1.74 bits per heavy atom. The van der Waals surface area contributed by atoms with Crippen molar-refractivity contribution in [2.24, 2.45) is 11.0 Å². The summed E-state index contributed by atoms with van der Waals surface area (Å²) in [7, 11) is 0.756. The van der Waals surface area contributed by atoms with E-state index in [4.69, 9.17) is 4.74 Å². The van der Waals surface area contributed by atoms with Crippen LogP contribution in [0.1, 0.15) is 33.9 Å². The van der Waals surface area contributed by atoms with Crippen LogP contribution in [0.5, 0.6) is 0 Å². The summed E-state index contributed by atoms with van der Waals surface area (Å²) >= 11 is 0. The fraction of sp³-hybridized carbons (Fsp3) is 0.364. The van der Waals surface area contributed by atoms with Crippen LogP contribution in [-0.4, -0.2) is 24.2 Å². The van der Waals surface area contributed by atoms with Crippen LogP contribution < -0.4 is 5.01 Å². The summed E-state index contributed by atoms with van der Waals surface area (Å²) in [6.45, 7) is 0. The number of hydrazone groups is 1. The van der Waals surface area contributed by atoms with Crippen molar-refractivity contribution in [2.45, 2.75) is 37.0 Å². The van der Waals surface area contributed by atoms with Gasteiger partial charge in [-0.15, -0.1) is 0 Å². The third kappa shape index (κ3) is 5.91. The fourth-order valence-corrected chi connectivity index (χ4v) is 3.96. The van der Waals surface area contributed by atoms with Crippen LogP contribution in [0.4, 0.5) is 58.4 Å². The van der Waals surface area contributed by atoms with Gasteiger partial charge in [-0.2, -0.15) is 63.0 Å². The van der Waals surface area contributed by atoms with E-state index < -0.39 is 82.2 Å². The summed E-state index contributed by atoms with van der Waals surface area (Å²) in [6.07, 6.45) is -25.8. The van der Waals surface area contributed by atoms with Crippen molar-refractivity contribution >= 4 is 11.4 Å². The van der Waals surface area contributed by atoms with E-state index in [0.717, 1.165) is 7.11 Å². The number of ether oxygens (including phenoxy) is 1. The molecule has 0 bridgehead atoms. The van der Waals surface area contributed by atoms with Crippen LogP contribution >= 0.6 is 0 Å². The first-order chi connectivity index (χ1) is 17.7. The number of anilines is 1. The number of aliphatic hydroxyl groups excluding tert-OH is 1. The van der Waals surface area contributed by atoms with Gasteiger partial charge in [-0.25, -0.2) is 5.01 Å². The van der Waals surface area contributed by atoms with Crippen molar-refractivity contribution in [3.63, 3.8) is 0 Å². The summed E-state index contributed by atoms with van der Waals surface area (Å²) < 4.78 is 165. The number of rotatable bonds is 4. The smallest absolute Gasteiger partial charge is 0.376 e. The first-order valence-corrected chi connectivity index (χ1v) is 10.3. The van der Waals surface area contributed by atoms with E-state index in [1.165, 1.54) is 6.07 Å². The number of aliphatic hydroxyl groups is 1. The largest absolute Gasteiger partial charge is 0.418 e. The lowest BCUT2D eigenvalue weighted by molar-refractivity contribution is -0.145. The SMILES string of the molecule is COC(c1ccc(C(F)(F)F)cc1C(F)(F)F)C1C(C#N)=NN(c2ccc(C(F)(F)F)cc2C(F)(F)F)C1O. The highest BCUT2D eigenvalue weighted by Crippen LogP contribution is 2.47. The van der Waals surface area contributed by atoms with Crippen molar-refractivity contribution in [3.05, 3.63) is 64.2 Å². The Kier molecular flexibility index (Phi) is 7.62. The molecule has 5 nitrogen and oxygen atoms in total. The molecule has 0 aliphatic carbocycles. The molecule has 39 heavy (non-hydrogen) atoms. The minimum Gasteiger partial charge on any atom is -0.376 e. The minimum absolute atomic E-state index is 0.0789. The van der Waals surface area contributed by atoms with Gasteiger partial charge in [0.15, 0.2) is 6.23 Å². The Bertz CT molecular complexity index is 1310. The molecule has 0 spiro atoms. The van der Waals surface area contributed by atoms with Crippen molar-refractivity contribution in [3.8, 4) is 6.07 Å². The summed E-state index contributed by atoms with van der Waals surface area (Å²) in [5, 5.41) is 23.8. The molecule has 2 aromatic rings. The van der Waals surface area contributed by atoms with E-state index in [1.807, 2.05) is 0 Å². The second-order valence-corrected chi connectivity index (χ2v) is 8.06. The standard InChI is InChI=1S/C22H13F12N3O2/c1-39-17(11-4-2-9(19(23,24)25)6-12(11)21(29,30)31)16-14(8-35)36-37(18(16)38)15-5-3-10(20(26,27)28)7-13(15)22(32,33)34/h2-7,16-18,38H,1H3. The summed E-state index contributed by atoms with van der Waals surface area (Å²) in [6, 6.07) is 1.96. The van der Waals surface area contributed by atoms with Gasteiger partial charge in [0.2, 0.25) is 0 Å². The van der Waals surface area contributed by atoms with Gasteiger partial charge in [0.05, 0.1) is 40.0 Å². The second-order valence-electron chi connectivity index (χ2n) is 8.06. The lowest BCUT2D eigenvalue weighted by Gasteiger charge is -2.30. The molecule has 1 heterocycles. The molecule has 0 amide bonds. The first kappa shape index (κ1) is 30.0. The molecule has 17 heteroatoms. The van der Waals surface area contributed by atoms with Crippen molar-refractivity contribution in [1.82, 2.24) is 0 Å². The van der Waals surface area contributed by atoms with Gasteiger partial charge in [-0.3, -0.25) is 0 Å². The van der Waals surface area contributed by atoms with Crippen LogP contribution in [0.2, 0.25) is 0 Å². The molecule has 3 unspecified atom stereocenters. The lowest BCUT2D eigenvalue weighted by atomic mass is 9.87. The van der Waals surface area contributed by atoms with E-state index in [9.17, 15) is 63.1 Å². The molecular formula is C22H13F12N3O2. The number of nitriles is 1. The lowest BCUT2D eigenvalue weighted by Crippen LogP contribution is -2.38. The van der Waals surface area contributed by atoms with Gasteiger partial charge >= 0.3 is 24.7 Å². The van der Waals surface area contributed by atoms with E-state index in [0.29, 0.717) is 6.07 Å². The third-order valence-corrected chi connectivity index (χ3v) is 5.67. The topological polar surface area (TPSA) is 68.8 Å². The molecule has 0 fully saturated rings.